The van der Waals surface area contributed by atoms with Gasteiger partial charge in [-0.05, 0) is 69.7 Å². The highest BCUT2D eigenvalue weighted by Crippen LogP contribution is 2.63. The molecular formula is C28H42BrN3O5. The van der Waals surface area contributed by atoms with Crippen molar-refractivity contribution in [2.75, 3.05) is 38.0 Å². The molecule has 0 radical (unpaired) electrons. The van der Waals surface area contributed by atoms with Crippen LogP contribution in [0.25, 0.3) is 0 Å². The molecule has 7 rings (SSSR count). The first kappa shape index (κ1) is 26.3. The van der Waals surface area contributed by atoms with Crippen LogP contribution in [0.3, 0.4) is 0 Å². The van der Waals surface area contributed by atoms with E-state index in [1.807, 2.05) is 13.0 Å². The number of nitrogens with zero attached hydrogens (tertiary/aromatic N) is 2. The fraction of sp³-hybridized carbons (Fsp3) is 0.786. The van der Waals surface area contributed by atoms with Crippen molar-refractivity contribution in [2.45, 2.75) is 88.2 Å². The van der Waals surface area contributed by atoms with E-state index in [0.717, 1.165) is 76.2 Å². The minimum Gasteiger partial charge on any atom is -0.508 e. The summed E-state index contributed by atoms with van der Waals surface area (Å²) in [5.74, 6) is 0.510. The van der Waals surface area contributed by atoms with Crippen LogP contribution in [-0.2, 0) is 25.8 Å². The van der Waals surface area contributed by atoms with Crippen molar-refractivity contribution >= 4 is 21.6 Å². The number of hydrogen-bond acceptors (Lipinski definition) is 8. The van der Waals surface area contributed by atoms with Crippen molar-refractivity contribution in [3.05, 3.63) is 23.8 Å². The highest BCUT2D eigenvalue weighted by Gasteiger charge is 2.72. The summed E-state index contributed by atoms with van der Waals surface area (Å²) in [6.45, 7) is 14.7. The van der Waals surface area contributed by atoms with E-state index in [2.05, 4.69) is 57.9 Å². The van der Waals surface area contributed by atoms with Crippen LogP contribution in [0.4, 0.5) is 5.69 Å². The van der Waals surface area contributed by atoms with Crippen LogP contribution < -0.4 is 5.32 Å². The monoisotopic (exact) mass is 579 g/mol. The van der Waals surface area contributed by atoms with Crippen molar-refractivity contribution in [1.29, 1.82) is 0 Å². The summed E-state index contributed by atoms with van der Waals surface area (Å²) in [7, 11) is 0. The fourth-order valence-corrected chi connectivity index (χ4v) is 8.32. The van der Waals surface area contributed by atoms with E-state index in [9.17, 15) is 5.11 Å². The topological polar surface area (TPSA) is 75.7 Å². The van der Waals surface area contributed by atoms with Gasteiger partial charge in [-0.15, -0.1) is 0 Å². The average molecular weight is 581 g/mol. The Bertz CT molecular complexity index is 1000. The summed E-state index contributed by atoms with van der Waals surface area (Å²) in [6, 6.07) is 5.78. The molecule has 1 saturated carbocycles. The van der Waals surface area contributed by atoms with Gasteiger partial charge in [0.2, 0.25) is 5.79 Å². The van der Waals surface area contributed by atoms with E-state index in [1.54, 1.807) is 6.07 Å². The Morgan fingerprint density at radius 1 is 1.08 bits per heavy atom. The number of piperazine rings is 1. The molecule has 37 heavy (non-hydrogen) atoms. The van der Waals surface area contributed by atoms with Gasteiger partial charge in [0.05, 0.1) is 4.32 Å². The molecule has 2 N–H and O–H groups in total. The first-order valence-electron chi connectivity index (χ1n) is 14.1. The Kier molecular flexibility index (Phi) is 6.83. The number of phenolic OH excluding ortho intramolecular Hbond substituents is 1. The molecule has 6 fully saturated rings. The molecule has 6 aliphatic rings. The van der Waals surface area contributed by atoms with Crippen molar-refractivity contribution < 1.29 is 24.4 Å². The van der Waals surface area contributed by atoms with E-state index < -0.39 is 22.0 Å². The number of halogens is 1. The zero-order valence-corrected chi connectivity index (χ0v) is 24.1. The molecule has 2 bridgehead atoms. The number of fused-ring (bicyclic) bond motifs is 2. The number of likely N-dealkylation sites (N-methyl/N-ethyl adjacent to an activating group) is 1. The number of aromatic hydroxyl groups is 1. The molecule has 1 aromatic rings. The van der Waals surface area contributed by atoms with E-state index in [1.165, 1.54) is 0 Å². The maximum Gasteiger partial charge on any atom is 0.201 e. The molecule has 8 atom stereocenters. The molecular weight excluding hydrogens is 538 g/mol. The van der Waals surface area contributed by atoms with Crippen LogP contribution in [-0.4, -0.2) is 75.9 Å². The lowest BCUT2D eigenvalue weighted by Gasteiger charge is -2.62. The molecule has 5 aliphatic heterocycles. The maximum absolute atomic E-state index is 10.6. The Morgan fingerprint density at radius 2 is 1.84 bits per heavy atom. The Labute approximate surface area is 229 Å². The maximum atomic E-state index is 10.6. The van der Waals surface area contributed by atoms with Gasteiger partial charge in [-0.2, -0.15) is 0 Å². The summed E-state index contributed by atoms with van der Waals surface area (Å²) < 4.78 is 12.8. The number of anilines is 1. The highest BCUT2D eigenvalue weighted by molar-refractivity contribution is 9.10. The molecule has 8 nitrogen and oxygen atoms in total. The number of alkyl halides is 1. The zero-order valence-electron chi connectivity index (χ0n) is 22.5. The summed E-state index contributed by atoms with van der Waals surface area (Å²) in [5, 5.41) is 14.3. The largest absolute Gasteiger partial charge is 0.508 e. The molecule has 1 aliphatic carbocycles. The summed E-state index contributed by atoms with van der Waals surface area (Å²) in [4.78, 5) is 17.1. The van der Waals surface area contributed by atoms with Gasteiger partial charge in [0.15, 0.2) is 11.9 Å². The van der Waals surface area contributed by atoms with Crippen LogP contribution in [0, 0.1) is 17.8 Å². The number of phenols is 1. The van der Waals surface area contributed by atoms with Crippen LogP contribution >= 0.6 is 15.9 Å². The fourth-order valence-electron chi connectivity index (χ4n) is 7.51. The van der Waals surface area contributed by atoms with E-state index in [4.69, 9.17) is 19.2 Å². The molecule has 1 aromatic carbocycles. The van der Waals surface area contributed by atoms with Gasteiger partial charge in [-0.25, -0.2) is 9.78 Å². The Hall–Kier alpha value is -0.940. The summed E-state index contributed by atoms with van der Waals surface area (Å²) >= 11 is 4.10. The van der Waals surface area contributed by atoms with Gasteiger partial charge in [-0.3, -0.25) is 4.90 Å². The van der Waals surface area contributed by atoms with Crippen LogP contribution in [0.5, 0.6) is 5.75 Å². The number of rotatable bonds is 5. The van der Waals surface area contributed by atoms with Crippen LogP contribution in [0.2, 0.25) is 0 Å². The summed E-state index contributed by atoms with van der Waals surface area (Å²) in [6.07, 6.45) is 3.09. The lowest BCUT2D eigenvalue weighted by Crippen LogP contribution is -2.74. The normalized spacial score (nSPS) is 44.3. The number of hydrogen-bond donors (Lipinski definition) is 2. The Morgan fingerprint density at radius 3 is 2.59 bits per heavy atom. The van der Waals surface area contributed by atoms with Crippen molar-refractivity contribution in [1.82, 2.24) is 9.80 Å². The molecule has 0 amide bonds. The number of ether oxygens (including phenoxy) is 2. The predicted molar refractivity (Wildman–Crippen MR) is 144 cm³/mol. The molecule has 1 unspecified atom stereocenters. The van der Waals surface area contributed by atoms with Gasteiger partial charge >= 0.3 is 0 Å². The third kappa shape index (κ3) is 4.42. The van der Waals surface area contributed by atoms with Crippen LogP contribution in [0.15, 0.2) is 18.2 Å². The SMILES string of the molecule is CCN1CCN(Cc2cc(NC3O[C@@H]4O[C@@]5(C)CC[C@H]6[C@H](C)CC[C@H]([C@@]46OO5)[C@]3(C)Br)ccc2O)CC1. The molecule has 1 spiro atoms. The third-order valence-corrected chi connectivity index (χ3v) is 10.8. The van der Waals surface area contributed by atoms with E-state index in [-0.39, 0.29) is 12.1 Å². The van der Waals surface area contributed by atoms with E-state index in [0.29, 0.717) is 17.6 Å². The van der Waals surface area contributed by atoms with Gasteiger partial charge in [0.25, 0.3) is 0 Å². The van der Waals surface area contributed by atoms with Gasteiger partial charge < -0.3 is 24.8 Å². The minimum atomic E-state index is -0.796. The van der Waals surface area contributed by atoms with Gasteiger partial charge in [0, 0.05) is 56.3 Å². The number of nitrogens with one attached hydrogen (secondary N) is 1. The lowest BCUT2D eigenvalue weighted by molar-refractivity contribution is -0.568. The first-order valence-corrected chi connectivity index (χ1v) is 14.9. The van der Waals surface area contributed by atoms with E-state index >= 15 is 0 Å². The van der Waals surface area contributed by atoms with Crippen LogP contribution in [0.1, 0.15) is 58.9 Å². The highest BCUT2D eigenvalue weighted by atomic mass is 79.9. The minimum absolute atomic E-state index is 0.145. The van der Waals surface area contributed by atoms with Crippen molar-refractivity contribution in [3.8, 4) is 5.75 Å². The standard InChI is InChI=1S/C28H42BrN3O5/c1-5-31-12-14-32(15-13-31)17-19-16-20(7-8-22(19)33)30-24-27(4,29)23-9-6-18(2)21-10-11-26(3)35-25(34-24)28(21,23)37-36-26/h7-8,16,18,21,23-25,30,33H,5-6,9-15,17H2,1-4H3/t18-,21+,23+,24?,25-,26-,27+,28-/m1/s1. The van der Waals surface area contributed by atoms with Crippen molar-refractivity contribution in [3.63, 3.8) is 0 Å². The van der Waals surface area contributed by atoms with Gasteiger partial charge in [-0.1, -0.05) is 29.8 Å². The average Bonchev–Trinajstić information content (AvgIpc) is 3.10. The Balaban J connectivity index is 1.24. The zero-order chi connectivity index (χ0) is 26.0. The molecule has 206 valence electrons. The second-order valence-corrected chi connectivity index (χ2v) is 13.9. The quantitative estimate of drug-likeness (QED) is 0.296. The third-order valence-electron chi connectivity index (χ3n) is 9.86. The van der Waals surface area contributed by atoms with Crippen molar-refractivity contribution in [2.24, 2.45) is 17.8 Å². The summed E-state index contributed by atoms with van der Waals surface area (Å²) in [5.41, 5.74) is 1.22. The first-order chi connectivity index (χ1) is 17.6. The molecule has 0 aromatic heterocycles. The molecule has 5 heterocycles. The smallest absolute Gasteiger partial charge is 0.201 e. The molecule has 9 heteroatoms. The second kappa shape index (κ2) is 9.61. The van der Waals surface area contributed by atoms with Gasteiger partial charge in [0.1, 0.15) is 12.0 Å². The second-order valence-electron chi connectivity index (χ2n) is 12.2. The molecule has 5 saturated heterocycles. The lowest BCUT2D eigenvalue weighted by atomic mass is 9.58. The number of benzene rings is 1. The predicted octanol–water partition coefficient (Wildman–Crippen LogP) is 4.67.